The molecule has 1 saturated carbocycles. The lowest BCUT2D eigenvalue weighted by Crippen LogP contribution is -2.53. The van der Waals surface area contributed by atoms with E-state index in [-0.39, 0.29) is 17.5 Å². The lowest BCUT2D eigenvalue weighted by molar-refractivity contribution is -0.143. The molecule has 0 radical (unpaired) electrons. The van der Waals surface area contributed by atoms with E-state index in [2.05, 4.69) is 6.92 Å². The molecule has 0 spiro atoms. The fourth-order valence-electron chi connectivity index (χ4n) is 4.34. The molecule has 19 heavy (non-hydrogen) atoms. The van der Waals surface area contributed by atoms with Crippen LogP contribution in [-0.2, 0) is 9.53 Å². The Labute approximate surface area is 113 Å². The lowest BCUT2D eigenvalue weighted by atomic mass is 9.57. The molecule has 0 aromatic heterocycles. The molecule has 1 heterocycles. The van der Waals surface area contributed by atoms with Crippen molar-refractivity contribution in [2.75, 3.05) is 0 Å². The zero-order valence-corrected chi connectivity index (χ0v) is 11.8. The second-order valence-electron chi connectivity index (χ2n) is 6.85. The lowest BCUT2D eigenvalue weighted by Gasteiger charge is -2.50. The van der Waals surface area contributed by atoms with Gasteiger partial charge in [-0.05, 0) is 50.5 Å². The summed E-state index contributed by atoms with van der Waals surface area (Å²) in [6.07, 6.45) is 1.83. The maximum atomic E-state index is 11.8. The van der Waals surface area contributed by atoms with Crippen molar-refractivity contribution in [2.45, 2.75) is 64.3 Å². The first-order valence-electron chi connectivity index (χ1n) is 7.09. The Morgan fingerprint density at radius 1 is 1.37 bits per heavy atom. The van der Waals surface area contributed by atoms with E-state index < -0.39 is 17.6 Å². The van der Waals surface area contributed by atoms with Crippen LogP contribution in [0.4, 0.5) is 0 Å². The topological polar surface area (TPSA) is 66.8 Å². The summed E-state index contributed by atoms with van der Waals surface area (Å²) in [5.41, 5.74) is 0.925. The Morgan fingerprint density at radius 2 is 2.05 bits per heavy atom. The molecule has 1 saturated heterocycles. The van der Waals surface area contributed by atoms with Gasteiger partial charge < -0.3 is 14.9 Å². The third-order valence-corrected chi connectivity index (χ3v) is 5.47. The monoisotopic (exact) mass is 266 g/mol. The second-order valence-corrected chi connectivity index (χ2v) is 6.85. The van der Waals surface area contributed by atoms with Gasteiger partial charge in [0.25, 0.3) is 0 Å². The highest BCUT2D eigenvalue weighted by Crippen LogP contribution is 2.56. The van der Waals surface area contributed by atoms with Crippen LogP contribution in [-0.4, -0.2) is 34.0 Å². The zero-order chi connectivity index (χ0) is 14.0. The Kier molecular flexibility index (Phi) is 2.64. The first-order valence-corrected chi connectivity index (χ1v) is 7.09. The van der Waals surface area contributed by atoms with Crippen LogP contribution in [0.5, 0.6) is 0 Å². The Bertz CT molecular complexity index is 469. The van der Waals surface area contributed by atoms with Gasteiger partial charge in [-0.25, -0.2) is 0 Å². The van der Waals surface area contributed by atoms with Crippen LogP contribution in [0, 0.1) is 11.3 Å². The highest BCUT2D eigenvalue weighted by Gasteiger charge is 2.62. The number of carbonyl (C=O) groups is 1. The van der Waals surface area contributed by atoms with Crippen molar-refractivity contribution in [2.24, 2.45) is 11.3 Å². The molecule has 3 aliphatic rings. The molecular weight excluding hydrogens is 244 g/mol. The Hall–Kier alpha value is -0.870. The molecule has 0 bridgehead atoms. The summed E-state index contributed by atoms with van der Waals surface area (Å²) in [6.45, 7) is 5.85. The minimum Gasteiger partial charge on any atom is -0.454 e. The van der Waals surface area contributed by atoms with E-state index in [1.165, 1.54) is 0 Å². The van der Waals surface area contributed by atoms with E-state index in [0.717, 1.165) is 17.6 Å². The molecule has 4 heteroatoms. The molecule has 2 N–H and O–H groups in total. The molecule has 4 nitrogen and oxygen atoms in total. The largest absolute Gasteiger partial charge is 0.454 e. The fourth-order valence-corrected chi connectivity index (χ4v) is 4.34. The van der Waals surface area contributed by atoms with E-state index >= 15 is 0 Å². The zero-order valence-electron chi connectivity index (χ0n) is 11.8. The summed E-state index contributed by atoms with van der Waals surface area (Å²) in [5, 5.41) is 20.8. The quantitative estimate of drug-likeness (QED) is 0.515. The molecule has 2 fully saturated rings. The molecule has 106 valence electrons. The van der Waals surface area contributed by atoms with Crippen molar-refractivity contribution in [3.05, 3.63) is 11.1 Å². The molecule has 0 aromatic carbocycles. The number of aliphatic hydroxyl groups excluding tert-OH is 1. The van der Waals surface area contributed by atoms with Crippen LogP contribution in [0.25, 0.3) is 0 Å². The van der Waals surface area contributed by atoms with Gasteiger partial charge in [-0.1, -0.05) is 12.5 Å². The first kappa shape index (κ1) is 13.1. The standard InChI is InChI=1S/C15H22O4/c1-8-6-10(16)7-14(3)4-5-15(18)9(2)13(17)19-12(15)11(8)14/h9-10,12,16,18H,4-7H2,1-3H3/t9-,10-,12-,14-,15+/m0/s1. The number of ether oxygens (including phenoxy) is 1. The smallest absolute Gasteiger partial charge is 0.312 e. The maximum Gasteiger partial charge on any atom is 0.312 e. The number of rotatable bonds is 0. The van der Waals surface area contributed by atoms with Gasteiger partial charge in [0.2, 0.25) is 0 Å². The number of carbonyl (C=O) groups excluding carboxylic acids is 1. The van der Waals surface area contributed by atoms with Crippen molar-refractivity contribution < 1.29 is 19.7 Å². The summed E-state index contributed by atoms with van der Waals surface area (Å²) >= 11 is 0. The van der Waals surface area contributed by atoms with Gasteiger partial charge in [0.1, 0.15) is 5.60 Å². The number of hydrogen-bond donors (Lipinski definition) is 2. The van der Waals surface area contributed by atoms with Crippen molar-refractivity contribution in [3.63, 3.8) is 0 Å². The average molecular weight is 266 g/mol. The van der Waals surface area contributed by atoms with Crippen LogP contribution in [0.1, 0.15) is 46.5 Å². The minimum absolute atomic E-state index is 0.150. The number of aliphatic hydroxyl groups is 2. The summed E-state index contributed by atoms with van der Waals surface area (Å²) in [4.78, 5) is 11.8. The van der Waals surface area contributed by atoms with Crippen LogP contribution in [0.2, 0.25) is 0 Å². The van der Waals surface area contributed by atoms with Gasteiger partial charge in [-0.3, -0.25) is 4.79 Å². The van der Waals surface area contributed by atoms with Gasteiger partial charge in [-0.2, -0.15) is 0 Å². The Morgan fingerprint density at radius 3 is 2.74 bits per heavy atom. The number of fused-ring (bicyclic) bond motifs is 3. The van der Waals surface area contributed by atoms with Crippen molar-refractivity contribution >= 4 is 5.97 Å². The SMILES string of the molecule is CC1=C2[C@@H]3OC(=O)[C@H](C)[C@]3(O)CC[C@@]2(C)C[C@@H](O)C1. The van der Waals surface area contributed by atoms with E-state index in [1.54, 1.807) is 6.92 Å². The summed E-state index contributed by atoms with van der Waals surface area (Å²) in [5.74, 6) is -0.766. The van der Waals surface area contributed by atoms with Crippen LogP contribution in [0.15, 0.2) is 11.1 Å². The van der Waals surface area contributed by atoms with E-state index in [1.807, 2.05) is 6.92 Å². The third kappa shape index (κ3) is 1.62. The third-order valence-electron chi connectivity index (χ3n) is 5.47. The normalized spacial score (nSPS) is 49.7. The number of hydrogen-bond acceptors (Lipinski definition) is 4. The van der Waals surface area contributed by atoms with Crippen molar-refractivity contribution in [1.29, 1.82) is 0 Å². The predicted octanol–water partition coefficient (Wildman–Crippen LogP) is 1.55. The molecule has 1 aliphatic heterocycles. The highest BCUT2D eigenvalue weighted by atomic mass is 16.6. The van der Waals surface area contributed by atoms with Gasteiger partial charge in [0.05, 0.1) is 12.0 Å². The number of esters is 1. The molecular formula is C15H22O4. The van der Waals surface area contributed by atoms with Gasteiger partial charge >= 0.3 is 5.97 Å². The van der Waals surface area contributed by atoms with Gasteiger partial charge in [0.15, 0.2) is 6.10 Å². The van der Waals surface area contributed by atoms with E-state index in [0.29, 0.717) is 19.3 Å². The summed E-state index contributed by atoms with van der Waals surface area (Å²) in [6, 6.07) is 0. The summed E-state index contributed by atoms with van der Waals surface area (Å²) < 4.78 is 5.49. The van der Waals surface area contributed by atoms with Crippen molar-refractivity contribution in [3.8, 4) is 0 Å². The second kappa shape index (κ2) is 3.83. The van der Waals surface area contributed by atoms with E-state index in [9.17, 15) is 15.0 Å². The molecule has 5 atom stereocenters. The molecule has 0 amide bonds. The first-order chi connectivity index (χ1) is 8.78. The fraction of sp³-hybridized carbons (Fsp3) is 0.800. The van der Waals surface area contributed by atoms with Gasteiger partial charge in [0, 0.05) is 0 Å². The Balaban J connectivity index is 2.09. The molecule has 2 aliphatic carbocycles. The average Bonchev–Trinajstić information content (AvgIpc) is 2.52. The minimum atomic E-state index is -1.06. The van der Waals surface area contributed by atoms with E-state index in [4.69, 9.17) is 4.74 Å². The van der Waals surface area contributed by atoms with Crippen LogP contribution >= 0.6 is 0 Å². The summed E-state index contributed by atoms with van der Waals surface area (Å²) in [7, 11) is 0. The molecule has 0 aromatic rings. The molecule has 3 rings (SSSR count). The predicted molar refractivity (Wildman–Crippen MR) is 69.3 cm³/mol. The van der Waals surface area contributed by atoms with Crippen LogP contribution in [0.3, 0.4) is 0 Å². The van der Waals surface area contributed by atoms with Crippen LogP contribution < -0.4 is 0 Å². The van der Waals surface area contributed by atoms with Gasteiger partial charge in [-0.15, -0.1) is 0 Å². The highest BCUT2D eigenvalue weighted by molar-refractivity contribution is 5.77. The van der Waals surface area contributed by atoms with Crippen molar-refractivity contribution in [1.82, 2.24) is 0 Å². The molecule has 0 unspecified atom stereocenters. The maximum absolute atomic E-state index is 11.8.